The minimum atomic E-state index is -0.240. The number of H-pyrrole nitrogens is 1. The number of hydrogen-bond acceptors (Lipinski definition) is 4. The number of quaternary nitrogens is 2. The molecule has 2 aromatic rings. The number of carbonyl (C=O) groups excluding carboxylic acids is 1. The average molecular weight is 493 g/mol. The summed E-state index contributed by atoms with van der Waals surface area (Å²) in [4.78, 5) is 35.9. The third kappa shape index (κ3) is 5.81. The van der Waals surface area contributed by atoms with Gasteiger partial charge in [0.2, 0.25) is 5.78 Å². The lowest BCUT2D eigenvalue weighted by atomic mass is 10.0. The Morgan fingerprint density at radius 3 is 2.61 bits per heavy atom. The van der Waals surface area contributed by atoms with Gasteiger partial charge in [0.25, 0.3) is 5.56 Å². The van der Waals surface area contributed by atoms with Gasteiger partial charge in [0.15, 0.2) is 0 Å². The summed E-state index contributed by atoms with van der Waals surface area (Å²) in [6.45, 7) is 11.2. The number of halogens is 1. The van der Waals surface area contributed by atoms with E-state index in [9.17, 15) is 9.59 Å². The zero-order valence-corrected chi connectivity index (χ0v) is 20.4. The molecular weight excluding hydrogens is 460 g/mol. The second-order valence-electron chi connectivity index (χ2n) is 8.63. The molecule has 0 aliphatic carbocycles. The molecule has 2 heterocycles. The molecule has 168 valence electrons. The Morgan fingerprint density at radius 1 is 1.26 bits per heavy atom. The van der Waals surface area contributed by atoms with Crippen LogP contribution < -0.4 is 20.1 Å². The molecule has 1 fully saturated rings. The molecule has 3 rings (SSSR count). The van der Waals surface area contributed by atoms with Gasteiger partial charge in [-0.3, -0.25) is 9.59 Å². The highest BCUT2D eigenvalue weighted by atomic mass is 79.9. The number of ether oxygens (including phenoxy) is 1. The normalized spacial score (nSPS) is 18.9. The van der Waals surface area contributed by atoms with Gasteiger partial charge in [-0.2, -0.15) is 0 Å². The van der Waals surface area contributed by atoms with Crippen LogP contribution >= 0.6 is 15.9 Å². The number of aromatic amines is 1. The summed E-state index contributed by atoms with van der Waals surface area (Å²) in [5.74, 6) is 1.21. The van der Waals surface area contributed by atoms with Crippen LogP contribution in [0.1, 0.15) is 49.2 Å². The summed E-state index contributed by atoms with van der Waals surface area (Å²) in [5.41, 5.74) is 1.70. The van der Waals surface area contributed by atoms with E-state index in [1.54, 1.807) is 0 Å². The first-order chi connectivity index (χ1) is 14.8. The number of benzene rings is 1. The molecule has 0 atom stereocenters. The maximum absolute atomic E-state index is 13.0. The van der Waals surface area contributed by atoms with Gasteiger partial charge >= 0.3 is 0 Å². The number of nitrogens with one attached hydrogen (secondary N) is 3. The van der Waals surface area contributed by atoms with Crippen LogP contribution in [0.25, 0.3) is 11.4 Å². The maximum Gasteiger partial charge on any atom is 0.265 e. The van der Waals surface area contributed by atoms with Crippen LogP contribution in [-0.4, -0.2) is 62.1 Å². The fraction of sp³-hybridized carbons (Fsp3) is 0.522. The van der Waals surface area contributed by atoms with Crippen LogP contribution in [-0.2, 0) is 0 Å². The van der Waals surface area contributed by atoms with Gasteiger partial charge in [-0.25, -0.2) is 4.98 Å². The third-order valence-corrected chi connectivity index (χ3v) is 6.44. The SMILES string of the molecule is CCCOc1ccc(C(=O)C[NH+]2CC[NH+](C)CC2)cc1-c1nc(C(C)C)c(Br)c(=O)[nH]1. The smallest absolute Gasteiger partial charge is 0.265 e. The standard InChI is InChI=1S/C23H31BrN4O3/c1-5-12-31-19-7-6-16(18(29)14-28-10-8-27(4)9-11-28)13-17(19)22-25-21(15(2)3)20(24)23(30)26-22/h6-7,13,15H,5,8-12,14H2,1-4H3,(H,25,26,30)/p+2. The van der Waals surface area contributed by atoms with Crippen LogP contribution in [0, 0.1) is 0 Å². The molecule has 31 heavy (non-hydrogen) atoms. The molecule has 1 aliphatic heterocycles. The van der Waals surface area contributed by atoms with Gasteiger partial charge in [0.1, 0.15) is 48.8 Å². The Bertz CT molecular complexity index is 981. The summed E-state index contributed by atoms with van der Waals surface area (Å²) in [5, 5.41) is 0. The summed E-state index contributed by atoms with van der Waals surface area (Å²) in [7, 11) is 2.19. The Labute approximate surface area is 191 Å². The van der Waals surface area contributed by atoms with Crippen molar-refractivity contribution >= 4 is 21.7 Å². The number of likely N-dealkylation sites (N-methyl/N-ethyl adjacent to an activating group) is 1. The van der Waals surface area contributed by atoms with Crippen LogP contribution in [0.15, 0.2) is 27.5 Å². The molecule has 3 N–H and O–H groups in total. The Morgan fingerprint density at radius 2 is 1.97 bits per heavy atom. The first kappa shape index (κ1) is 23.6. The third-order valence-electron chi connectivity index (χ3n) is 5.67. The van der Waals surface area contributed by atoms with Crippen molar-refractivity contribution < 1.29 is 19.3 Å². The second kappa shape index (κ2) is 10.5. The molecule has 0 unspecified atom stereocenters. The van der Waals surface area contributed by atoms with E-state index < -0.39 is 0 Å². The summed E-state index contributed by atoms with van der Waals surface area (Å²) in [6.07, 6.45) is 0.858. The molecule has 0 spiro atoms. The van der Waals surface area contributed by atoms with Crippen molar-refractivity contribution in [1.82, 2.24) is 9.97 Å². The summed E-state index contributed by atoms with van der Waals surface area (Å²) >= 11 is 3.35. The van der Waals surface area contributed by atoms with E-state index >= 15 is 0 Å². The zero-order valence-electron chi connectivity index (χ0n) is 18.8. The van der Waals surface area contributed by atoms with E-state index in [-0.39, 0.29) is 17.3 Å². The van der Waals surface area contributed by atoms with Gasteiger partial charge in [0.05, 0.1) is 24.9 Å². The highest BCUT2D eigenvalue weighted by Crippen LogP contribution is 2.30. The topological polar surface area (TPSA) is 80.9 Å². The quantitative estimate of drug-likeness (QED) is 0.474. The highest BCUT2D eigenvalue weighted by Gasteiger charge is 2.24. The van der Waals surface area contributed by atoms with E-state index in [1.165, 1.54) is 9.80 Å². The molecule has 8 heteroatoms. The molecular formula is C23H33BrN4O3+2. The van der Waals surface area contributed by atoms with Crippen LogP contribution in [0.4, 0.5) is 0 Å². The molecule has 1 aliphatic rings. The van der Waals surface area contributed by atoms with Crippen LogP contribution in [0.2, 0.25) is 0 Å². The number of piperazine rings is 1. The Kier molecular flexibility index (Phi) is 8.02. The number of aromatic nitrogens is 2. The maximum atomic E-state index is 13.0. The van der Waals surface area contributed by atoms with Crippen molar-refractivity contribution in [2.45, 2.75) is 33.1 Å². The van der Waals surface area contributed by atoms with Crippen molar-refractivity contribution in [3.8, 4) is 17.1 Å². The molecule has 1 aromatic heterocycles. The minimum absolute atomic E-state index is 0.0724. The largest absolute Gasteiger partial charge is 0.493 e. The molecule has 0 bridgehead atoms. The fourth-order valence-electron chi connectivity index (χ4n) is 3.75. The number of carbonyl (C=O) groups is 1. The van der Waals surface area contributed by atoms with Crippen LogP contribution in [0.3, 0.4) is 0 Å². The van der Waals surface area contributed by atoms with E-state index in [0.717, 1.165) is 32.6 Å². The fourth-order valence-corrected chi connectivity index (χ4v) is 4.39. The van der Waals surface area contributed by atoms with E-state index in [0.29, 0.717) is 46.0 Å². The zero-order chi connectivity index (χ0) is 22.5. The molecule has 7 nitrogen and oxygen atoms in total. The predicted molar refractivity (Wildman–Crippen MR) is 124 cm³/mol. The van der Waals surface area contributed by atoms with Gasteiger partial charge in [-0.15, -0.1) is 0 Å². The van der Waals surface area contributed by atoms with Gasteiger partial charge in [0, 0.05) is 5.56 Å². The number of Topliss-reactive ketones (excluding diaryl/α,β-unsaturated/α-hetero) is 1. The van der Waals surface area contributed by atoms with Crippen molar-refractivity contribution in [3.05, 3.63) is 44.3 Å². The molecule has 0 saturated carbocycles. The Hall–Kier alpha value is -2.03. The van der Waals surface area contributed by atoms with E-state index in [4.69, 9.17) is 9.72 Å². The van der Waals surface area contributed by atoms with Crippen molar-refractivity contribution in [2.24, 2.45) is 0 Å². The summed E-state index contributed by atoms with van der Waals surface area (Å²) < 4.78 is 6.35. The lowest BCUT2D eigenvalue weighted by Gasteiger charge is -2.26. The monoisotopic (exact) mass is 492 g/mol. The lowest BCUT2D eigenvalue weighted by Crippen LogP contribution is -3.27. The molecule has 0 amide bonds. The molecule has 1 aromatic carbocycles. The number of ketones is 1. The van der Waals surface area contributed by atoms with Gasteiger partial charge < -0.3 is 19.5 Å². The van der Waals surface area contributed by atoms with Gasteiger partial charge in [-0.1, -0.05) is 20.8 Å². The number of hydrogen-bond donors (Lipinski definition) is 3. The second-order valence-corrected chi connectivity index (χ2v) is 9.43. The molecule has 0 radical (unpaired) electrons. The highest BCUT2D eigenvalue weighted by molar-refractivity contribution is 9.10. The van der Waals surface area contributed by atoms with Crippen LogP contribution in [0.5, 0.6) is 5.75 Å². The number of rotatable bonds is 8. The first-order valence-electron chi connectivity index (χ1n) is 11.0. The first-order valence-corrected chi connectivity index (χ1v) is 11.8. The summed E-state index contributed by atoms with van der Waals surface area (Å²) in [6, 6.07) is 5.45. The number of nitrogens with zero attached hydrogens (tertiary/aromatic N) is 1. The van der Waals surface area contributed by atoms with Crippen molar-refractivity contribution in [1.29, 1.82) is 0 Å². The van der Waals surface area contributed by atoms with E-state index in [1.807, 2.05) is 39.0 Å². The van der Waals surface area contributed by atoms with Crippen molar-refractivity contribution in [3.63, 3.8) is 0 Å². The lowest BCUT2D eigenvalue weighted by molar-refractivity contribution is -0.999. The predicted octanol–water partition coefficient (Wildman–Crippen LogP) is 0.708. The Balaban J connectivity index is 1.96. The average Bonchev–Trinajstić information content (AvgIpc) is 2.75. The van der Waals surface area contributed by atoms with Gasteiger partial charge in [-0.05, 0) is 46.5 Å². The minimum Gasteiger partial charge on any atom is -0.493 e. The van der Waals surface area contributed by atoms with Crippen molar-refractivity contribution in [2.75, 3.05) is 46.4 Å². The van der Waals surface area contributed by atoms with E-state index in [2.05, 4.69) is 28.0 Å². The molecule has 1 saturated heterocycles.